The summed E-state index contributed by atoms with van der Waals surface area (Å²) in [6.07, 6.45) is 9.08. The summed E-state index contributed by atoms with van der Waals surface area (Å²) < 4.78 is 0. The number of hydrogen-bond acceptors (Lipinski definition) is 4. The maximum absolute atomic E-state index is 4.90. The first-order chi connectivity index (χ1) is 12.8. The molecule has 0 amide bonds. The Morgan fingerprint density at radius 2 is 2.15 bits per heavy atom. The third-order valence-electron chi connectivity index (χ3n) is 5.34. The van der Waals surface area contributed by atoms with E-state index in [-0.39, 0.29) is 0 Å². The topological polar surface area (TPSA) is 41.1 Å². The van der Waals surface area contributed by atoms with E-state index in [2.05, 4.69) is 64.7 Å². The van der Waals surface area contributed by atoms with Crippen LogP contribution in [0.15, 0.2) is 42.1 Å². The van der Waals surface area contributed by atoms with Crippen molar-refractivity contribution >= 4 is 6.08 Å². The molecule has 1 atom stereocenters. The summed E-state index contributed by atoms with van der Waals surface area (Å²) in [5.74, 6) is 0.997. The van der Waals surface area contributed by atoms with E-state index in [0.717, 1.165) is 44.8 Å². The third-order valence-corrected chi connectivity index (χ3v) is 5.34. The Morgan fingerprint density at radius 1 is 1.27 bits per heavy atom. The Labute approximate surface area is 156 Å². The molecule has 136 valence electrons. The highest BCUT2D eigenvalue weighted by atomic mass is 15.1. The largest absolute Gasteiger partial charge is 0.307 e. The number of nitrogens with zero attached hydrogens (tertiary/aromatic N) is 3. The summed E-state index contributed by atoms with van der Waals surface area (Å²) in [5, 5.41) is 3.56. The van der Waals surface area contributed by atoms with Gasteiger partial charge in [-0.2, -0.15) is 0 Å². The maximum atomic E-state index is 4.90. The zero-order valence-corrected chi connectivity index (χ0v) is 15.6. The van der Waals surface area contributed by atoms with Gasteiger partial charge in [0.05, 0.1) is 6.04 Å². The molecule has 0 radical (unpaired) electrons. The molecule has 2 aromatic rings. The number of nitrogens with one attached hydrogen (secondary N) is 1. The summed E-state index contributed by atoms with van der Waals surface area (Å²) in [4.78, 5) is 12.1. The van der Waals surface area contributed by atoms with Gasteiger partial charge in [-0.15, -0.1) is 0 Å². The van der Waals surface area contributed by atoms with Crippen LogP contribution in [0.5, 0.6) is 0 Å². The van der Waals surface area contributed by atoms with Gasteiger partial charge in [-0.25, -0.2) is 9.97 Å². The zero-order valence-electron chi connectivity index (χ0n) is 15.6. The average molecular weight is 348 g/mol. The Bertz CT molecular complexity index is 763. The van der Waals surface area contributed by atoms with E-state index >= 15 is 0 Å². The van der Waals surface area contributed by atoms with Crippen LogP contribution in [0.2, 0.25) is 0 Å². The van der Waals surface area contributed by atoms with Gasteiger partial charge in [-0.05, 0) is 31.9 Å². The van der Waals surface area contributed by atoms with Crippen LogP contribution < -0.4 is 5.32 Å². The van der Waals surface area contributed by atoms with Crippen LogP contribution in [0.4, 0.5) is 0 Å². The highest BCUT2D eigenvalue weighted by Gasteiger charge is 2.22. The molecule has 3 heterocycles. The van der Waals surface area contributed by atoms with Crippen LogP contribution >= 0.6 is 0 Å². The SMILES string of the molecule is CC(=Cc1ccccc1)CN1CCc2nc(C3CCCCN3)ncc2C1. The van der Waals surface area contributed by atoms with Gasteiger partial charge in [0.1, 0.15) is 5.82 Å². The molecule has 0 saturated carbocycles. The summed E-state index contributed by atoms with van der Waals surface area (Å²) in [6.45, 7) is 6.33. The Morgan fingerprint density at radius 3 is 2.96 bits per heavy atom. The molecule has 26 heavy (non-hydrogen) atoms. The van der Waals surface area contributed by atoms with Gasteiger partial charge in [0.15, 0.2) is 0 Å². The first-order valence-corrected chi connectivity index (χ1v) is 9.80. The van der Waals surface area contributed by atoms with Crippen molar-refractivity contribution in [2.45, 2.75) is 45.2 Å². The van der Waals surface area contributed by atoms with Crippen molar-refractivity contribution in [1.29, 1.82) is 0 Å². The van der Waals surface area contributed by atoms with E-state index in [4.69, 9.17) is 4.98 Å². The van der Waals surface area contributed by atoms with Crippen molar-refractivity contribution in [2.75, 3.05) is 19.6 Å². The number of hydrogen-bond donors (Lipinski definition) is 1. The highest BCUT2D eigenvalue weighted by Crippen LogP contribution is 2.23. The lowest BCUT2D eigenvalue weighted by molar-refractivity contribution is 0.272. The molecule has 2 aliphatic heterocycles. The normalized spacial score (nSPS) is 21.4. The molecular formula is C22H28N4. The summed E-state index contributed by atoms with van der Waals surface area (Å²) >= 11 is 0. The maximum Gasteiger partial charge on any atom is 0.145 e. The molecule has 1 aromatic carbocycles. The fourth-order valence-corrected chi connectivity index (χ4v) is 4.00. The predicted octanol–water partition coefficient (Wildman–Crippen LogP) is 3.75. The van der Waals surface area contributed by atoms with Gasteiger partial charge in [-0.3, -0.25) is 4.90 Å². The minimum absolute atomic E-state index is 0.350. The monoisotopic (exact) mass is 348 g/mol. The van der Waals surface area contributed by atoms with Crippen molar-refractivity contribution in [3.8, 4) is 0 Å². The van der Waals surface area contributed by atoms with Crippen molar-refractivity contribution in [3.63, 3.8) is 0 Å². The second-order valence-electron chi connectivity index (χ2n) is 7.56. The second-order valence-corrected chi connectivity index (χ2v) is 7.56. The quantitative estimate of drug-likeness (QED) is 0.913. The first-order valence-electron chi connectivity index (χ1n) is 9.80. The van der Waals surface area contributed by atoms with Crippen LogP contribution in [-0.4, -0.2) is 34.5 Å². The highest BCUT2D eigenvalue weighted by molar-refractivity contribution is 5.52. The number of benzene rings is 1. The lowest BCUT2D eigenvalue weighted by atomic mass is 10.0. The van der Waals surface area contributed by atoms with E-state index in [0.29, 0.717) is 6.04 Å². The molecule has 0 aliphatic carbocycles. The van der Waals surface area contributed by atoms with E-state index in [1.807, 2.05) is 0 Å². The van der Waals surface area contributed by atoms with E-state index in [1.165, 1.54) is 35.2 Å². The average Bonchev–Trinajstić information content (AvgIpc) is 2.69. The summed E-state index contributed by atoms with van der Waals surface area (Å²) in [6, 6.07) is 10.9. The number of fused-ring (bicyclic) bond motifs is 1. The van der Waals surface area contributed by atoms with Crippen LogP contribution in [0.1, 0.15) is 54.9 Å². The molecule has 1 N–H and O–H groups in total. The molecule has 2 aliphatic rings. The Balaban J connectivity index is 1.41. The minimum atomic E-state index is 0.350. The van der Waals surface area contributed by atoms with Crippen LogP contribution in [0.25, 0.3) is 6.08 Å². The Hall–Kier alpha value is -2.04. The third kappa shape index (κ3) is 4.19. The fourth-order valence-electron chi connectivity index (χ4n) is 4.00. The summed E-state index contributed by atoms with van der Waals surface area (Å²) in [5.41, 5.74) is 5.21. The second kappa shape index (κ2) is 8.11. The molecule has 1 saturated heterocycles. The van der Waals surface area contributed by atoms with Gasteiger partial charge in [-0.1, -0.05) is 48.4 Å². The van der Waals surface area contributed by atoms with Crippen molar-refractivity contribution in [3.05, 3.63) is 64.7 Å². The standard InChI is InChI=1S/C22H28N4/c1-17(13-18-7-3-2-4-8-18)15-26-12-10-20-19(16-26)14-24-22(25-20)21-9-5-6-11-23-21/h2-4,7-8,13-14,21,23H,5-6,9-12,15-16H2,1H3. The fraction of sp³-hybridized carbons (Fsp3) is 0.455. The van der Waals surface area contributed by atoms with Gasteiger partial charge in [0.2, 0.25) is 0 Å². The van der Waals surface area contributed by atoms with Gasteiger partial charge in [0, 0.05) is 43.5 Å². The van der Waals surface area contributed by atoms with Gasteiger partial charge in [0.25, 0.3) is 0 Å². The number of rotatable bonds is 4. The minimum Gasteiger partial charge on any atom is -0.307 e. The first kappa shape index (κ1) is 17.4. The molecule has 0 spiro atoms. The molecule has 1 unspecified atom stereocenters. The van der Waals surface area contributed by atoms with E-state index in [9.17, 15) is 0 Å². The molecule has 4 heteroatoms. The van der Waals surface area contributed by atoms with E-state index in [1.54, 1.807) is 0 Å². The van der Waals surface area contributed by atoms with Crippen LogP contribution in [-0.2, 0) is 13.0 Å². The smallest absolute Gasteiger partial charge is 0.145 e. The van der Waals surface area contributed by atoms with Crippen LogP contribution in [0, 0.1) is 0 Å². The molecule has 1 aromatic heterocycles. The lowest BCUT2D eigenvalue weighted by Gasteiger charge is -2.29. The van der Waals surface area contributed by atoms with Crippen molar-refractivity contribution < 1.29 is 0 Å². The van der Waals surface area contributed by atoms with E-state index < -0.39 is 0 Å². The molecular weight excluding hydrogens is 320 g/mol. The Kier molecular flexibility index (Phi) is 5.42. The molecule has 0 bridgehead atoms. The van der Waals surface area contributed by atoms with Gasteiger partial charge >= 0.3 is 0 Å². The lowest BCUT2D eigenvalue weighted by Crippen LogP contribution is -2.34. The summed E-state index contributed by atoms with van der Waals surface area (Å²) in [7, 11) is 0. The predicted molar refractivity (Wildman–Crippen MR) is 106 cm³/mol. The molecule has 4 nitrogen and oxygen atoms in total. The molecule has 4 rings (SSSR count). The van der Waals surface area contributed by atoms with Gasteiger partial charge < -0.3 is 5.32 Å². The number of aromatic nitrogens is 2. The molecule has 1 fully saturated rings. The van der Waals surface area contributed by atoms with Crippen molar-refractivity contribution in [2.24, 2.45) is 0 Å². The number of piperidine rings is 1. The van der Waals surface area contributed by atoms with Crippen LogP contribution in [0.3, 0.4) is 0 Å². The van der Waals surface area contributed by atoms with Crippen molar-refractivity contribution in [1.82, 2.24) is 20.2 Å². The zero-order chi connectivity index (χ0) is 17.8.